The third-order valence-electron chi connectivity index (χ3n) is 5.84. The second kappa shape index (κ2) is 11.1. The molecule has 0 aliphatic carbocycles. The number of halogens is 3. The van der Waals surface area contributed by atoms with Crippen LogP contribution in [-0.4, -0.2) is 35.3 Å². The number of carbonyl (C=O) groups excluding carboxylic acids is 3. The van der Waals surface area contributed by atoms with Crippen LogP contribution >= 0.6 is 0 Å². The number of urea groups is 1. The first-order valence-corrected chi connectivity index (χ1v) is 11.2. The molecule has 0 aliphatic rings. The van der Waals surface area contributed by atoms with Crippen molar-refractivity contribution in [1.29, 1.82) is 0 Å². The number of hydrogen-bond acceptors (Lipinski definition) is 3. The maximum absolute atomic E-state index is 13.0. The summed E-state index contributed by atoms with van der Waals surface area (Å²) in [5.41, 5.74) is 0.792. The van der Waals surface area contributed by atoms with E-state index < -0.39 is 35.8 Å². The van der Waals surface area contributed by atoms with Crippen LogP contribution in [0.2, 0.25) is 0 Å². The number of aldehydes is 1. The summed E-state index contributed by atoms with van der Waals surface area (Å²) in [5, 5.41) is 8.47. The van der Waals surface area contributed by atoms with Crippen LogP contribution in [0.1, 0.15) is 31.4 Å². The van der Waals surface area contributed by atoms with Crippen LogP contribution in [0.25, 0.3) is 10.9 Å². The van der Waals surface area contributed by atoms with Gasteiger partial charge in [0.25, 0.3) is 0 Å². The van der Waals surface area contributed by atoms with Gasteiger partial charge in [-0.2, -0.15) is 13.2 Å². The number of para-hydroxylation sites is 1. The molecule has 10 heteroatoms. The van der Waals surface area contributed by atoms with Crippen molar-refractivity contribution in [2.24, 2.45) is 5.92 Å². The Morgan fingerprint density at radius 3 is 2.51 bits per heavy atom. The second-order valence-electron chi connectivity index (χ2n) is 8.36. The summed E-state index contributed by atoms with van der Waals surface area (Å²) in [7, 11) is 0. The van der Waals surface area contributed by atoms with Gasteiger partial charge in [-0.15, -0.1) is 0 Å². The smallest absolute Gasteiger partial charge is 0.361 e. The number of aromatic nitrogens is 1. The highest BCUT2D eigenvalue weighted by Crippen LogP contribution is 2.30. The van der Waals surface area contributed by atoms with Crippen LogP contribution in [0.4, 0.5) is 23.7 Å². The Balaban J connectivity index is 1.68. The minimum absolute atomic E-state index is 0.0641. The Morgan fingerprint density at radius 1 is 1.09 bits per heavy atom. The largest absolute Gasteiger partial charge is 0.416 e. The van der Waals surface area contributed by atoms with Crippen LogP contribution in [0.5, 0.6) is 0 Å². The number of hydrogen-bond donors (Lipinski definition) is 4. The zero-order valence-electron chi connectivity index (χ0n) is 19.3. The maximum Gasteiger partial charge on any atom is 0.416 e. The first-order chi connectivity index (χ1) is 16.6. The molecule has 2 aromatic carbocycles. The minimum Gasteiger partial charge on any atom is -0.361 e. The number of benzene rings is 2. The molecule has 7 nitrogen and oxygen atoms in total. The van der Waals surface area contributed by atoms with Crippen molar-refractivity contribution in [2.75, 3.05) is 5.32 Å². The number of anilines is 1. The Bertz CT molecular complexity index is 1190. The summed E-state index contributed by atoms with van der Waals surface area (Å²) in [6.07, 6.45) is -1.35. The predicted molar refractivity (Wildman–Crippen MR) is 127 cm³/mol. The van der Waals surface area contributed by atoms with Gasteiger partial charge in [-0.25, -0.2) is 4.79 Å². The standard InChI is InChI=1S/C25H27F3N4O3/c1-3-15(2)22(32-24(35)31-18-8-6-7-17(12-18)25(26,27)28)23(34)30-19(14-33)11-16-13-29-21-10-5-4-9-20(16)21/h4-10,12-15,19,22,29H,3,11H2,1-2H3,(H,30,34)(H2,31,32,35)/t15?,19-,22-/m0/s1. The molecule has 0 fully saturated rings. The molecule has 1 aromatic heterocycles. The number of H-pyrrole nitrogens is 1. The highest BCUT2D eigenvalue weighted by molar-refractivity contribution is 5.94. The summed E-state index contributed by atoms with van der Waals surface area (Å²) in [6, 6.07) is 9.10. The molecule has 3 atom stereocenters. The van der Waals surface area contributed by atoms with E-state index in [1.165, 1.54) is 12.1 Å². The number of amides is 3. The minimum atomic E-state index is -4.55. The third kappa shape index (κ3) is 6.62. The molecule has 0 radical (unpaired) electrons. The van der Waals surface area contributed by atoms with Crippen LogP contribution in [-0.2, 0) is 22.2 Å². The molecular formula is C25H27F3N4O3. The number of rotatable bonds is 9. The Kier molecular flexibility index (Phi) is 8.16. The lowest BCUT2D eigenvalue weighted by Crippen LogP contribution is -2.54. The van der Waals surface area contributed by atoms with Crippen molar-refractivity contribution < 1.29 is 27.6 Å². The number of alkyl halides is 3. The molecule has 3 aromatic rings. The normalized spacial score (nSPS) is 14.1. The molecule has 3 rings (SSSR count). The van der Waals surface area contributed by atoms with Gasteiger partial charge in [0.15, 0.2) is 0 Å². The molecule has 0 saturated heterocycles. The van der Waals surface area contributed by atoms with Crippen LogP contribution < -0.4 is 16.0 Å². The number of fused-ring (bicyclic) bond motifs is 1. The van der Waals surface area contributed by atoms with E-state index in [1.54, 1.807) is 13.1 Å². The summed E-state index contributed by atoms with van der Waals surface area (Å²) in [5.74, 6) is -0.863. The topological polar surface area (TPSA) is 103 Å². The van der Waals surface area contributed by atoms with Gasteiger partial charge in [-0.3, -0.25) is 4.79 Å². The third-order valence-corrected chi connectivity index (χ3v) is 5.84. The highest BCUT2D eigenvalue weighted by Gasteiger charge is 2.31. The Hall–Kier alpha value is -3.82. The molecule has 4 N–H and O–H groups in total. The lowest BCUT2D eigenvalue weighted by Gasteiger charge is -2.25. The van der Waals surface area contributed by atoms with Crippen molar-refractivity contribution in [3.8, 4) is 0 Å². The molecule has 0 spiro atoms. The molecular weight excluding hydrogens is 461 g/mol. The Morgan fingerprint density at radius 2 is 1.83 bits per heavy atom. The van der Waals surface area contributed by atoms with Gasteiger partial charge in [0, 0.05) is 29.2 Å². The first-order valence-electron chi connectivity index (χ1n) is 11.2. The quantitative estimate of drug-likeness (QED) is 0.330. The SMILES string of the molecule is CCC(C)[C@H](NC(=O)Nc1cccc(C(F)(F)F)c1)C(=O)N[C@H](C=O)Cc1c[nH]c2ccccc12. The van der Waals surface area contributed by atoms with Gasteiger partial charge in [-0.05, 0) is 35.7 Å². The number of aromatic amines is 1. The second-order valence-corrected chi connectivity index (χ2v) is 8.36. The lowest BCUT2D eigenvalue weighted by atomic mass is 9.97. The molecule has 0 bridgehead atoms. The van der Waals surface area contributed by atoms with E-state index in [4.69, 9.17) is 0 Å². The molecule has 3 amide bonds. The summed E-state index contributed by atoms with van der Waals surface area (Å²) in [4.78, 5) is 40.4. The van der Waals surface area contributed by atoms with Crippen LogP contribution in [0.3, 0.4) is 0 Å². The van der Waals surface area contributed by atoms with E-state index in [0.29, 0.717) is 12.7 Å². The van der Waals surface area contributed by atoms with E-state index in [2.05, 4.69) is 20.9 Å². The van der Waals surface area contributed by atoms with Gasteiger partial charge >= 0.3 is 12.2 Å². The highest BCUT2D eigenvalue weighted by atomic mass is 19.4. The average Bonchev–Trinajstić information content (AvgIpc) is 3.24. The van der Waals surface area contributed by atoms with Crippen molar-refractivity contribution in [3.63, 3.8) is 0 Å². The summed E-state index contributed by atoms with van der Waals surface area (Å²) in [6.45, 7) is 3.59. The molecule has 0 saturated carbocycles. The van der Waals surface area contributed by atoms with E-state index in [1.807, 2.05) is 31.2 Å². The van der Waals surface area contributed by atoms with E-state index in [0.717, 1.165) is 28.6 Å². The summed E-state index contributed by atoms with van der Waals surface area (Å²) >= 11 is 0. The fourth-order valence-electron chi connectivity index (χ4n) is 3.73. The summed E-state index contributed by atoms with van der Waals surface area (Å²) < 4.78 is 38.8. The lowest BCUT2D eigenvalue weighted by molar-refractivity contribution is -0.137. The molecule has 186 valence electrons. The Labute approximate surface area is 200 Å². The monoisotopic (exact) mass is 488 g/mol. The zero-order valence-corrected chi connectivity index (χ0v) is 19.3. The molecule has 1 heterocycles. The van der Waals surface area contributed by atoms with Gasteiger partial charge in [0.2, 0.25) is 5.91 Å². The number of carbonyl (C=O) groups is 3. The van der Waals surface area contributed by atoms with E-state index in [9.17, 15) is 27.6 Å². The van der Waals surface area contributed by atoms with E-state index in [-0.39, 0.29) is 18.0 Å². The zero-order chi connectivity index (χ0) is 25.6. The van der Waals surface area contributed by atoms with Gasteiger partial charge < -0.3 is 25.7 Å². The fourth-order valence-corrected chi connectivity index (χ4v) is 3.73. The first kappa shape index (κ1) is 25.8. The van der Waals surface area contributed by atoms with Crippen molar-refractivity contribution in [3.05, 3.63) is 65.9 Å². The number of nitrogens with one attached hydrogen (secondary N) is 4. The van der Waals surface area contributed by atoms with Crippen LogP contribution in [0, 0.1) is 5.92 Å². The van der Waals surface area contributed by atoms with Crippen molar-refractivity contribution in [1.82, 2.24) is 15.6 Å². The van der Waals surface area contributed by atoms with E-state index >= 15 is 0 Å². The van der Waals surface area contributed by atoms with Crippen molar-refractivity contribution >= 4 is 34.8 Å². The molecule has 1 unspecified atom stereocenters. The average molecular weight is 489 g/mol. The van der Waals surface area contributed by atoms with Gasteiger partial charge in [0.05, 0.1) is 11.6 Å². The fraction of sp³-hybridized carbons (Fsp3) is 0.320. The van der Waals surface area contributed by atoms with Gasteiger partial charge in [-0.1, -0.05) is 44.5 Å². The van der Waals surface area contributed by atoms with Gasteiger partial charge in [0.1, 0.15) is 12.3 Å². The predicted octanol–water partition coefficient (Wildman–Crippen LogP) is 4.65. The van der Waals surface area contributed by atoms with Crippen LogP contribution in [0.15, 0.2) is 54.7 Å². The maximum atomic E-state index is 13.0. The van der Waals surface area contributed by atoms with Crippen molar-refractivity contribution in [2.45, 2.75) is 44.9 Å². The molecule has 0 aliphatic heterocycles. The molecule has 35 heavy (non-hydrogen) atoms.